The summed E-state index contributed by atoms with van der Waals surface area (Å²) in [7, 11) is 0. The summed E-state index contributed by atoms with van der Waals surface area (Å²) < 4.78 is 9.85. The summed E-state index contributed by atoms with van der Waals surface area (Å²) in [6.45, 7) is 0. The molecular weight excluding hydrogens is 302 g/mol. The Morgan fingerprint density at radius 3 is 3.05 bits per heavy atom. The molecule has 7 nitrogen and oxygen atoms in total. The molecule has 0 radical (unpaired) electrons. The zero-order valence-corrected chi connectivity index (χ0v) is 11.6. The van der Waals surface area contributed by atoms with E-state index in [2.05, 4.69) is 19.1 Å². The highest BCUT2D eigenvalue weighted by atomic mass is 35.5. The number of halogens is 1. The van der Waals surface area contributed by atoms with Crippen LogP contribution in [0.25, 0.3) is 16.7 Å². The van der Waals surface area contributed by atoms with Crippen molar-refractivity contribution < 1.29 is 9.90 Å². The lowest BCUT2D eigenvalue weighted by Crippen LogP contribution is -1.98. The van der Waals surface area contributed by atoms with Gasteiger partial charge < -0.3 is 5.11 Å². The molecule has 2 aromatic heterocycles. The van der Waals surface area contributed by atoms with Gasteiger partial charge in [0.2, 0.25) is 0 Å². The number of aryl methyl sites for hydroxylation is 1. The maximum absolute atomic E-state index is 10.6. The van der Waals surface area contributed by atoms with Crippen LogP contribution in [0.2, 0.25) is 5.02 Å². The smallest absolute Gasteiger partial charge is 0.303 e. The standard InChI is InChI=1S/C11H8ClN5O2S/c12-7-2-3-8-10(15-20-14-8)11(7)17-5-6(13-16-17)1-4-9(18)19/h2-3,5H,1,4H2,(H,18,19). The highest BCUT2D eigenvalue weighted by molar-refractivity contribution is 7.00. The van der Waals surface area contributed by atoms with Crippen LogP contribution in [0.3, 0.4) is 0 Å². The molecule has 0 amide bonds. The van der Waals surface area contributed by atoms with E-state index in [1.807, 2.05) is 0 Å². The first-order valence-corrected chi connectivity index (χ1v) is 6.80. The molecule has 0 saturated heterocycles. The molecule has 1 N–H and O–H groups in total. The fraction of sp³-hybridized carbons (Fsp3) is 0.182. The van der Waals surface area contributed by atoms with E-state index in [4.69, 9.17) is 16.7 Å². The molecule has 0 aliphatic heterocycles. The second-order valence-electron chi connectivity index (χ2n) is 4.08. The summed E-state index contributed by atoms with van der Waals surface area (Å²) in [6.07, 6.45) is 1.98. The van der Waals surface area contributed by atoms with Crippen molar-refractivity contribution in [1.29, 1.82) is 0 Å². The maximum Gasteiger partial charge on any atom is 0.303 e. The largest absolute Gasteiger partial charge is 0.481 e. The molecule has 0 fully saturated rings. The van der Waals surface area contributed by atoms with Crippen molar-refractivity contribution in [2.75, 3.05) is 0 Å². The van der Waals surface area contributed by atoms with E-state index >= 15 is 0 Å². The number of carbonyl (C=O) groups is 1. The zero-order valence-electron chi connectivity index (χ0n) is 10.0. The molecule has 0 unspecified atom stereocenters. The van der Waals surface area contributed by atoms with Crippen molar-refractivity contribution in [3.05, 3.63) is 29.0 Å². The minimum Gasteiger partial charge on any atom is -0.481 e. The van der Waals surface area contributed by atoms with Crippen molar-refractivity contribution >= 4 is 40.3 Å². The monoisotopic (exact) mass is 309 g/mol. The van der Waals surface area contributed by atoms with E-state index in [1.165, 1.54) is 4.68 Å². The van der Waals surface area contributed by atoms with Crippen LogP contribution < -0.4 is 0 Å². The number of rotatable bonds is 4. The van der Waals surface area contributed by atoms with Crippen LogP contribution in [0, 0.1) is 0 Å². The van der Waals surface area contributed by atoms with Gasteiger partial charge in [-0.25, -0.2) is 4.68 Å². The molecule has 0 aliphatic carbocycles. The Labute approximate surface area is 122 Å². The lowest BCUT2D eigenvalue weighted by atomic mass is 10.2. The van der Waals surface area contributed by atoms with Crippen molar-refractivity contribution in [3.8, 4) is 5.69 Å². The average Bonchev–Trinajstić information content (AvgIpc) is 3.04. The molecule has 3 rings (SSSR count). The van der Waals surface area contributed by atoms with E-state index in [0.717, 1.165) is 17.2 Å². The van der Waals surface area contributed by atoms with Crippen LogP contribution in [0.4, 0.5) is 0 Å². The number of carboxylic acids is 1. The van der Waals surface area contributed by atoms with E-state index in [1.54, 1.807) is 18.3 Å². The third-order valence-electron chi connectivity index (χ3n) is 2.72. The Hall–Kier alpha value is -2.06. The predicted molar refractivity (Wildman–Crippen MR) is 73.3 cm³/mol. The third-order valence-corrected chi connectivity index (χ3v) is 3.56. The van der Waals surface area contributed by atoms with Gasteiger partial charge in [-0.2, -0.15) is 8.75 Å². The summed E-state index contributed by atoms with van der Waals surface area (Å²) in [4.78, 5) is 10.6. The number of benzene rings is 1. The van der Waals surface area contributed by atoms with Gasteiger partial charge in [-0.05, 0) is 12.1 Å². The quantitative estimate of drug-likeness (QED) is 0.791. The summed E-state index contributed by atoms with van der Waals surface area (Å²) >= 11 is 7.28. The van der Waals surface area contributed by atoms with Crippen LogP contribution in [-0.2, 0) is 11.2 Å². The first-order chi connectivity index (χ1) is 9.65. The van der Waals surface area contributed by atoms with E-state index < -0.39 is 5.97 Å². The summed E-state index contributed by atoms with van der Waals surface area (Å²) in [5.74, 6) is -0.872. The van der Waals surface area contributed by atoms with Gasteiger partial charge in [-0.15, -0.1) is 5.10 Å². The minimum atomic E-state index is -0.872. The van der Waals surface area contributed by atoms with Gasteiger partial charge in [-0.3, -0.25) is 4.79 Å². The van der Waals surface area contributed by atoms with Gasteiger partial charge in [-0.1, -0.05) is 16.8 Å². The first-order valence-electron chi connectivity index (χ1n) is 5.69. The normalized spacial score (nSPS) is 11.1. The molecule has 0 saturated carbocycles. The highest BCUT2D eigenvalue weighted by Crippen LogP contribution is 2.27. The van der Waals surface area contributed by atoms with Crippen LogP contribution in [0.5, 0.6) is 0 Å². The molecule has 102 valence electrons. The van der Waals surface area contributed by atoms with Crippen LogP contribution in [0.1, 0.15) is 12.1 Å². The lowest BCUT2D eigenvalue weighted by Gasteiger charge is -2.03. The van der Waals surface area contributed by atoms with E-state index in [0.29, 0.717) is 28.3 Å². The van der Waals surface area contributed by atoms with Crippen LogP contribution in [0.15, 0.2) is 18.3 Å². The van der Waals surface area contributed by atoms with Crippen molar-refractivity contribution in [2.24, 2.45) is 0 Å². The molecule has 20 heavy (non-hydrogen) atoms. The Morgan fingerprint density at radius 1 is 1.40 bits per heavy atom. The number of nitrogens with zero attached hydrogens (tertiary/aromatic N) is 5. The summed E-state index contributed by atoms with van der Waals surface area (Å²) in [5.41, 5.74) is 2.57. The number of aromatic nitrogens is 5. The Balaban J connectivity index is 2.01. The van der Waals surface area contributed by atoms with Gasteiger partial charge in [0, 0.05) is 6.42 Å². The SMILES string of the molecule is O=C(O)CCc1cn(-c2c(Cl)ccc3nsnc23)nn1. The molecular formula is C11H8ClN5O2S. The van der Waals surface area contributed by atoms with Crippen LogP contribution in [-0.4, -0.2) is 34.8 Å². The summed E-state index contributed by atoms with van der Waals surface area (Å²) in [5, 5.41) is 17.1. The second kappa shape index (κ2) is 5.14. The minimum absolute atomic E-state index is 0.00881. The zero-order chi connectivity index (χ0) is 14.1. The number of hydrogen-bond donors (Lipinski definition) is 1. The average molecular weight is 310 g/mol. The third kappa shape index (κ3) is 2.35. The molecule has 3 aromatic rings. The van der Waals surface area contributed by atoms with E-state index in [9.17, 15) is 4.79 Å². The predicted octanol–water partition coefficient (Wildman–Crippen LogP) is 1.94. The fourth-order valence-electron chi connectivity index (χ4n) is 1.79. The van der Waals surface area contributed by atoms with Crippen molar-refractivity contribution in [2.45, 2.75) is 12.8 Å². The molecule has 0 spiro atoms. The molecule has 0 atom stereocenters. The number of aliphatic carboxylic acids is 1. The molecule has 1 aromatic carbocycles. The molecule has 0 aliphatic rings. The van der Waals surface area contributed by atoms with Crippen molar-refractivity contribution in [3.63, 3.8) is 0 Å². The van der Waals surface area contributed by atoms with Crippen molar-refractivity contribution in [1.82, 2.24) is 23.7 Å². The number of carboxylic acid groups (broad SMARTS) is 1. The van der Waals surface area contributed by atoms with Gasteiger partial charge in [0.05, 0.1) is 35.1 Å². The fourth-order valence-corrected chi connectivity index (χ4v) is 2.57. The molecule has 0 bridgehead atoms. The maximum atomic E-state index is 10.6. The number of fused-ring (bicyclic) bond motifs is 1. The topological polar surface area (TPSA) is 93.8 Å². The van der Waals surface area contributed by atoms with Crippen LogP contribution >= 0.6 is 23.3 Å². The van der Waals surface area contributed by atoms with Gasteiger partial charge >= 0.3 is 5.97 Å². The highest BCUT2D eigenvalue weighted by Gasteiger charge is 2.14. The first kappa shape index (κ1) is 12.9. The van der Waals surface area contributed by atoms with Gasteiger partial charge in [0.15, 0.2) is 0 Å². The second-order valence-corrected chi connectivity index (χ2v) is 5.01. The lowest BCUT2D eigenvalue weighted by molar-refractivity contribution is -0.136. The Bertz CT molecular complexity index is 784. The van der Waals surface area contributed by atoms with Gasteiger partial charge in [0.25, 0.3) is 0 Å². The Morgan fingerprint density at radius 2 is 2.25 bits per heavy atom. The molecule has 2 heterocycles. The van der Waals surface area contributed by atoms with E-state index in [-0.39, 0.29) is 6.42 Å². The number of hydrogen-bond acceptors (Lipinski definition) is 6. The Kier molecular flexibility index (Phi) is 3.33. The summed E-state index contributed by atoms with van der Waals surface area (Å²) in [6, 6.07) is 3.51. The molecule has 9 heteroatoms. The van der Waals surface area contributed by atoms with Gasteiger partial charge in [0.1, 0.15) is 16.7 Å².